The van der Waals surface area contributed by atoms with Crippen LogP contribution in [0.4, 0.5) is 18.0 Å². The standard InChI is InChI=1S/C21H33F3N4O3/c1-5-25-18(26-11-6-12-27-19(29)31-20(2,3)4)28-13-16-7-9-17(10-8-16)14-30-15-21(22,23)24/h7-10H,5-6,11-15H2,1-4H3,(H,27,29)(H2,25,26,28). The van der Waals surface area contributed by atoms with E-state index < -0.39 is 24.5 Å². The second kappa shape index (κ2) is 13.0. The highest BCUT2D eigenvalue weighted by atomic mass is 19.4. The number of guanidine groups is 1. The molecule has 0 saturated carbocycles. The summed E-state index contributed by atoms with van der Waals surface area (Å²) in [6.45, 7) is 8.21. The largest absolute Gasteiger partial charge is 0.444 e. The summed E-state index contributed by atoms with van der Waals surface area (Å²) in [5.41, 5.74) is 1.06. The molecule has 10 heteroatoms. The molecule has 0 spiro atoms. The number of alkyl halides is 3. The zero-order valence-corrected chi connectivity index (χ0v) is 18.6. The Bertz CT molecular complexity index is 687. The van der Waals surface area contributed by atoms with Gasteiger partial charge in [0, 0.05) is 19.6 Å². The van der Waals surface area contributed by atoms with E-state index >= 15 is 0 Å². The van der Waals surface area contributed by atoms with E-state index in [1.807, 2.05) is 39.8 Å². The molecule has 0 aliphatic rings. The van der Waals surface area contributed by atoms with E-state index in [4.69, 9.17) is 4.74 Å². The van der Waals surface area contributed by atoms with Crippen molar-refractivity contribution in [2.24, 2.45) is 4.99 Å². The highest BCUT2D eigenvalue weighted by molar-refractivity contribution is 5.79. The molecule has 0 radical (unpaired) electrons. The fraction of sp³-hybridized carbons (Fsp3) is 0.619. The zero-order valence-electron chi connectivity index (χ0n) is 18.6. The number of aliphatic imine (C=N–C) groups is 1. The Morgan fingerprint density at radius 2 is 1.61 bits per heavy atom. The fourth-order valence-electron chi connectivity index (χ4n) is 2.34. The maximum absolute atomic E-state index is 12.1. The van der Waals surface area contributed by atoms with Crippen LogP contribution in [0.2, 0.25) is 0 Å². The highest BCUT2D eigenvalue weighted by Crippen LogP contribution is 2.16. The molecule has 3 N–H and O–H groups in total. The number of hydrogen-bond donors (Lipinski definition) is 3. The summed E-state index contributed by atoms with van der Waals surface area (Å²) >= 11 is 0. The summed E-state index contributed by atoms with van der Waals surface area (Å²) in [6.07, 6.45) is -4.08. The van der Waals surface area contributed by atoms with E-state index in [0.717, 1.165) is 5.56 Å². The van der Waals surface area contributed by atoms with E-state index in [1.165, 1.54) is 0 Å². The topological polar surface area (TPSA) is 84.0 Å². The van der Waals surface area contributed by atoms with Crippen LogP contribution in [0.3, 0.4) is 0 Å². The lowest BCUT2D eigenvalue weighted by Crippen LogP contribution is -2.39. The molecule has 0 saturated heterocycles. The third-order valence-corrected chi connectivity index (χ3v) is 3.64. The fourth-order valence-corrected chi connectivity index (χ4v) is 2.34. The molecule has 0 aliphatic heterocycles. The number of hydrogen-bond acceptors (Lipinski definition) is 4. The van der Waals surface area contributed by atoms with Gasteiger partial charge in [0.25, 0.3) is 0 Å². The first-order valence-electron chi connectivity index (χ1n) is 10.2. The van der Waals surface area contributed by atoms with Gasteiger partial charge in [0.1, 0.15) is 12.2 Å². The summed E-state index contributed by atoms with van der Waals surface area (Å²) in [7, 11) is 0. The van der Waals surface area contributed by atoms with Crippen molar-refractivity contribution in [2.45, 2.75) is 59.0 Å². The third-order valence-electron chi connectivity index (χ3n) is 3.64. The van der Waals surface area contributed by atoms with Gasteiger partial charge in [-0.25, -0.2) is 9.79 Å². The van der Waals surface area contributed by atoms with Gasteiger partial charge in [0.15, 0.2) is 5.96 Å². The maximum Gasteiger partial charge on any atom is 0.411 e. The lowest BCUT2D eigenvalue weighted by molar-refractivity contribution is -0.176. The van der Waals surface area contributed by atoms with Gasteiger partial charge >= 0.3 is 12.3 Å². The summed E-state index contributed by atoms with van der Waals surface area (Å²) in [6, 6.07) is 7.07. The van der Waals surface area contributed by atoms with E-state index in [-0.39, 0.29) is 6.61 Å². The van der Waals surface area contributed by atoms with Gasteiger partial charge in [-0.1, -0.05) is 24.3 Å². The summed E-state index contributed by atoms with van der Waals surface area (Å²) in [5.74, 6) is 0.636. The van der Waals surface area contributed by atoms with Crippen LogP contribution in [0.1, 0.15) is 45.2 Å². The van der Waals surface area contributed by atoms with Gasteiger partial charge in [-0.05, 0) is 45.2 Å². The van der Waals surface area contributed by atoms with Crippen molar-refractivity contribution >= 4 is 12.1 Å². The number of nitrogens with zero attached hydrogens (tertiary/aromatic N) is 1. The Morgan fingerprint density at radius 1 is 1.00 bits per heavy atom. The van der Waals surface area contributed by atoms with Crippen molar-refractivity contribution in [2.75, 3.05) is 26.2 Å². The molecule has 0 bridgehead atoms. The quantitative estimate of drug-likeness (QED) is 0.290. The summed E-state index contributed by atoms with van der Waals surface area (Å²) < 4.78 is 46.2. The van der Waals surface area contributed by atoms with E-state index in [1.54, 1.807) is 12.1 Å². The Balaban J connectivity index is 2.38. The van der Waals surface area contributed by atoms with Crippen LogP contribution >= 0.6 is 0 Å². The number of amides is 1. The minimum absolute atomic E-state index is 0.0927. The lowest BCUT2D eigenvalue weighted by atomic mass is 10.1. The Hall–Kier alpha value is -2.49. The van der Waals surface area contributed by atoms with E-state index in [0.29, 0.717) is 44.1 Å². The molecular weight excluding hydrogens is 413 g/mol. The monoisotopic (exact) mass is 446 g/mol. The van der Waals surface area contributed by atoms with Crippen LogP contribution in [0.25, 0.3) is 0 Å². The minimum Gasteiger partial charge on any atom is -0.444 e. The minimum atomic E-state index is -4.32. The molecule has 0 unspecified atom stereocenters. The van der Waals surface area contributed by atoms with Crippen molar-refractivity contribution in [3.8, 4) is 0 Å². The number of halogens is 3. The van der Waals surface area contributed by atoms with Crippen molar-refractivity contribution in [3.63, 3.8) is 0 Å². The molecule has 1 rings (SSSR count). The second-order valence-corrected chi connectivity index (χ2v) is 7.83. The first-order chi connectivity index (χ1) is 14.5. The number of carbonyl (C=O) groups is 1. The van der Waals surface area contributed by atoms with E-state index in [2.05, 4.69) is 25.7 Å². The molecule has 0 aromatic heterocycles. The normalized spacial score (nSPS) is 12.4. The molecule has 0 aliphatic carbocycles. The highest BCUT2D eigenvalue weighted by Gasteiger charge is 2.27. The first-order valence-corrected chi connectivity index (χ1v) is 10.2. The number of benzene rings is 1. The lowest BCUT2D eigenvalue weighted by Gasteiger charge is -2.19. The number of ether oxygens (including phenoxy) is 2. The molecule has 1 amide bonds. The van der Waals surface area contributed by atoms with Crippen molar-refractivity contribution < 1.29 is 27.4 Å². The number of nitrogens with one attached hydrogen (secondary N) is 3. The van der Waals surface area contributed by atoms with Gasteiger partial charge in [-0.15, -0.1) is 0 Å². The molecule has 0 heterocycles. The molecule has 7 nitrogen and oxygen atoms in total. The number of carbonyl (C=O) groups excluding carboxylic acids is 1. The van der Waals surface area contributed by atoms with Crippen molar-refractivity contribution in [1.29, 1.82) is 0 Å². The molecular formula is C21H33F3N4O3. The Kier molecular flexibility index (Phi) is 11.2. The van der Waals surface area contributed by atoms with Gasteiger partial charge < -0.3 is 25.4 Å². The summed E-state index contributed by atoms with van der Waals surface area (Å²) in [4.78, 5) is 16.1. The predicted octanol–water partition coefficient (Wildman–Crippen LogP) is 3.74. The maximum atomic E-state index is 12.1. The van der Waals surface area contributed by atoms with Crippen LogP contribution in [0.5, 0.6) is 0 Å². The van der Waals surface area contributed by atoms with Crippen LogP contribution in [0.15, 0.2) is 29.3 Å². The van der Waals surface area contributed by atoms with E-state index in [9.17, 15) is 18.0 Å². The molecule has 31 heavy (non-hydrogen) atoms. The SMILES string of the molecule is CCNC(=NCc1ccc(COCC(F)(F)F)cc1)NCCCNC(=O)OC(C)(C)C. The predicted molar refractivity (Wildman–Crippen MR) is 114 cm³/mol. The second-order valence-electron chi connectivity index (χ2n) is 7.83. The molecule has 0 atom stereocenters. The Labute approximate surface area is 181 Å². The smallest absolute Gasteiger partial charge is 0.411 e. The van der Waals surface area contributed by atoms with Gasteiger partial charge in [-0.2, -0.15) is 13.2 Å². The van der Waals surface area contributed by atoms with Crippen LogP contribution in [-0.4, -0.2) is 50.1 Å². The molecule has 1 aromatic rings. The average Bonchev–Trinajstić information content (AvgIpc) is 2.64. The first kappa shape index (κ1) is 26.5. The van der Waals surface area contributed by atoms with Crippen LogP contribution in [-0.2, 0) is 22.6 Å². The van der Waals surface area contributed by atoms with Crippen molar-refractivity contribution in [1.82, 2.24) is 16.0 Å². The number of rotatable bonds is 10. The molecule has 0 fully saturated rings. The zero-order chi connectivity index (χ0) is 23.3. The van der Waals surface area contributed by atoms with Gasteiger partial charge in [0.2, 0.25) is 0 Å². The van der Waals surface area contributed by atoms with Crippen molar-refractivity contribution in [3.05, 3.63) is 35.4 Å². The van der Waals surface area contributed by atoms with Gasteiger partial charge in [0.05, 0.1) is 13.2 Å². The Morgan fingerprint density at radius 3 is 2.19 bits per heavy atom. The summed E-state index contributed by atoms with van der Waals surface area (Å²) in [5, 5.41) is 9.02. The number of alkyl carbamates (subject to hydrolysis) is 1. The van der Waals surface area contributed by atoms with Crippen LogP contribution < -0.4 is 16.0 Å². The van der Waals surface area contributed by atoms with Crippen LogP contribution in [0, 0.1) is 0 Å². The average molecular weight is 447 g/mol. The molecule has 176 valence electrons. The third kappa shape index (κ3) is 14.2. The van der Waals surface area contributed by atoms with Gasteiger partial charge in [-0.3, -0.25) is 0 Å². The molecule has 1 aromatic carbocycles.